The van der Waals surface area contributed by atoms with Crippen LogP contribution in [0.4, 0.5) is 4.79 Å². The summed E-state index contributed by atoms with van der Waals surface area (Å²) in [6.45, 7) is 5.57. The largest absolute Gasteiger partial charge is 0.509 e. The van der Waals surface area contributed by atoms with Gasteiger partial charge in [0.05, 0.1) is 0 Å². The van der Waals surface area contributed by atoms with Crippen LogP contribution in [-0.2, 0) is 9.47 Å². The first kappa shape index (κ1) is 10.8. The van der Waals surface area contributed by atoms with Crippen molar-refractivity contribution < 1.29 is 14.3 Å². The van der Waals surface area contributed by atoms with Crippen molar-refractivity contribution in [3.63, 3.8) is 0 Å². The lowest BCUT2D eigenvalue weighted by Gasteiger charge is -2.24. The maximum atomic E-state index is 11.4. The summed E-state index contributed by atoms with van der Waals surface area (Å²) >= 11 is 0. The summed E-state index contributed by atoms with van der Waals surface area (Å²) in [5, 5.41) is 0. The van der Waals surface area contributed by atoms with Crippen molar-refractivity contribution in [2.45, 2.75) is 58.2 Å². The Labute approximate surface area is 91.1 Å². The van der Waals surface area contributed by atoms with Crippen molar-refractivity contribution in [1.82, 2.24) is 0 Å². The van der Waals surface area contributed by atoms with Gasteiger partial charge in [0.15, 0.2) is 0 Å². The van der Waals surface area contributed by atoms with Crippen LogP contribution in [0.5, 0.6) is 0 Å². The topological polar surface area (TPSA) is 35.5 Å². The Kier molecular flexibility index (Phi) is 2.65. The molecule has 0 aliphatic heterocycles. The molecule has 86 valence electrons. The molecule has 3 heteroatoms. The predicted molar refractivity (Wildman–Crippen MR) is 56.6 cm³/mol. The van der Waals surface area contributed by atoms with E-state index < -0.39 is 11.8 Å². The maximum Gasteiger partial charge on any atom is 0.509 e. The van der Waals surface area contributed by atoms with Crippen molar-refractivity contribution in [3.8, 4) is 0 Å². The van der Waals surface area contributed by atoms with E-state index in [0.717, 1.165) is 12.3 Å². The first-order valence-corrected chi connectivity index (χ1v) is 5.84. The number of carbonyl (C=O) groups is 1. The number of hydrogen-bond acceptors (Lipinski definition) is 3. The van der Waals surface area contributed by atoms with Gasteiger partial charge in [0, 0.05) is 0 Å². The maximum absolute atomic E-state index is 11.4. The van der Waals surface area contributed by atoms with Crippen LogP contribution in [0, 0.1) is 11.8 Å². The number of rotatable bonds is 1. The molecule has 0 aromatic carbocycles. The Morgan fingerprint density at radius 2 is 1.93 bits per heavy atom. The van der Waals surface area contributed by atoms with E-state index in [1.807, 2.05) is 20.8 Å². The third kappa shape index (κ3) is 2.64. The predicted octanol–water partition coefficient (Wildman–Crippen LogP) is 3.13. The highest BCUT2D eigenvalue weighted by Crippen LogP contribution is 2.45. The number of carbonyl (C=O) groups excluding carboxylic acids is 1. The number of ether oxygens (including phenoxy) is 2. The second-order valence-corrected chi connectivity index (χ2v) is 5.80. The molecule has 0 amide bonds. The van der Waals surface area contributed by atoms with Gasteiger partial charge in [-0.2, -0.15) is 0 Å². The molecule has 2 fully saturated rings. The van der Waals surface area contributed by atoms with Gasteiger partial charge in [-0.3, -0.25) is 0 Å². The van der Waals surface area contributed by atoms with Gasteiger partial charge in [0.25, 0.3) is 0 Å². The van der Waals surface area contributed by atoms with E-state index in [1.54, 1.807) is 0 Å². The average molecular weight is 212 g/mol. The molecule has 0 heterocycles. The van der Waals surface area contributed by atoms with Gasteiger partial charge in [0.2, 0.25) is 0 Å². The lowest BCUT2D eigenvalue weighted by molar-refractivity contribution is -0.0377. The smallest absolute Gasteiger partial charge is 0.431 e. The molecule has 0 saturated heterocycles. The van der Waals surface area contributed by atoms with Crippen molar-refractivity contribution in [2.75, 3.05) is 0 Å². The van der Waals surface area contributed by atoms with Crippen molar-refractivity contribution in [1.29, 1.82) is 0 Å². The molecular formula is C12H20O3. The lowest BCUT2D eigenvalue weighted by Crippen LogP contribution is -2.30. The summed E-state index contributed by atoms with van der Waals surface area (Å²) in [4.78, 5) is 11.4. The molecule has 15 heavy (non-hydrogen) atoms. The second-order valence-electron chi connectivity index (χ2n) is 5.80. The van der Waals surface area contributed by atoms with E-state index in [9.17, 15) is 4.79 Å². The van der Waals surface area contributed by atoms with E-state index in [2.05, 4.69) is 0 Å². The molecule has 3 unspecified atom stereocenters. The minimum atomic E-state index is -0.500. The van der Waals surface area contributed by atoms with E-state index in [-0.39, 0.29) is 6.10 Å². The molecule has 2 rings (SSSR count). The molecule has 2 aliphatic carbocycles. The Hall–Kier alpha value is -0.730. The summed E-state index contributed by atoms with van der Waals surface area (Å²) in [6, 6.07) is 0. The Balaban J connectivity index is 1.80. The van der Waals surface area contributed by atoms with Crippen molar-refractivity contribution >= 4 is 6.16 Å². The lowest BCUT2D eigenvalue weighted by atomic mass is 9.98. The molecule has 0 radical (unpaired) electrons. The van der Waals surface area contributed by atoms with Crippen LogP contribution in [0.2, 0.25) is 0 Å². The van der Waals surface area contributed by atoms with E-state index in [0.29, 0.717) is 5.92 Å². The SMILES string of the molecule is CC(C)(C)OC(=O)OC1CC2CCC1C2. The van der Waals surface area contributed by atoms with Crippen LogP contribution in [0.1, 0.15) is 46.5 Å². The monoisotopic (exact) mass is 212 g/mol. The fraction of sp³-hybridized carbons (Fsp3) is 0.917. The molecule has 0 aromatic heterocycles. The third-order valence-corrected chi connectivity index (χ3v) is 3.31. The minimum Gasteiger partial charge on any atom is -0.431 e. The molecule has 3 atom stereocenters. The van der Waals surface area contributed by atoms with Crippen molar-refractivity contribution in [3.05, 3.63) is 0 Å². The van der Waals surface area contributed by atoms with Crippen LogP contribution < -0.4 is 0 Å². The molecule has 2 saturated carbocycles. The zero-order valence-corrected chi connectivity index (χ0v) is 9.79. The van der Waals surface area contributed by atoms with Crippen LogP contribution in [-0.4, -0.2) is 17.9 Å². The minimum absolute atomic E-state index is 0.124. The Morgan fingerprint density at radius 1 is 1.20 bits per heavy atom. The van der Waals surface area contributed by atoms with Crippen LogP contribution in [0.15, 0.2) is 0 Å². The highest BCUT2D eigenvalue weighted by molar-refractivity contribution is 5.60. The zero-order valence-electron chi connectivity index (χ0n) is 9.79. The van der Waals surface area contributed by atoms with Gasteiger partial charge in [-0.1, -0.05) is 0 Å². The van der Waals surface area contributed by atoms with Crippen LogP contribution >= 0.6 is 0 Å². The van der Waals surface area contributed by atoms with Gasteiger partial charge < -0.3 is 9.47 Å². The van der Waals surface area contributed by atoms with Crippen molar-refractivity contribution in [2.24, 2.45) is 11.8 Å². The first-order chi connectivity index (χ1) is 6.94. The van der Waals surface area contributed by atoms with Gasteiger partial charge in [0.1, 0.15) is 11.7 Å². The summed E-state index contributed by atoms with van der Waals surface area (Å²) in [6.07, 6.45) is 4.45. The summed E-state index contributed by atoms with van der Waals surface area (Å²) in [5.74, 6) is 1.39. The van der Waals surface area contributed by atoms with Gasteiger partial charge >= 0.3 is 6.16 Å². The van der Waals surface area contributed by atoms with E-state index >= 15 is 0 Å². The average Bonchev–Trinajstić information content (AvgIpc) is 2.60. The fourth-order valence-corrected chi connectivity index (χ4v) is 2.73. The normalized spacial score (nSPS) is 34.2. The first-order valence-electron chi connectivity index (χ1n) is 5.84. The third-order valence-electron chi connectivity index (χ3n) is 3.31. The zero-order chi connectivity index (χ0) is 11.1. The molecule has 0 aromatic rings. The van der Waals surface area contributed by atoms with Crippen LogP contribution in [0.3, 0.4) is 0 Å². The quantitative estimate of drug-likeness (QED) is 0.626. The molecule has 3 nitrogen and oxygen atoms in total. The van der Waals surface area contributed by atoms with E-state index in [1.165, 1.54) is 19.3 Å². The van der Waals surface area contributed by atoms with Gasteiger partial charge in [-0.15, -0.1) is 0 Å². The molecule has 0 spiro atoms. The Morgan fingerprint density at radius 3 is 2.40 bits per heavy atom. The summed E-state index contributed by atoms with van der Waals surface area (Å²) in [5.41, 5.74) is -0.450. The van der Waals surface area contributed by atoms with Crippen LogP contribution in [0.25, 0.3) is 0 Å². The summed E-state index contributed by atoms with van der Waals surface area (Å²) < 4.78 is 10.5. The van der Waals surface area contributed by atoms with Gasteiger partial charge in [-0.25, -0.2) is 4.79 Å². The number of fused-ring (bicyclic) bond motifs is 2. The second kappa shape index (κ2) is 3.69. The standard InChI is InChI=1S/C12H20O3/c1-12(2,3)15-11(13)14-10-7-8-4-5-9(10)6-8/h8-10H,4-7H2,1-3H3. The molecule has 0 N–H and O–H groups in total. The van der Waals surface area contributed by atoms with Gasteiger partial charge in [-0.05, 0) is 58.3 Å². The molecular weight excluding hydrogens is 192 g/mol. The highest BCUT2D eigenvalue weighted by Gasteiger charge is 2.42. The fourth-order valence-electron chi connectivity index (χ4n) is 2.73. The van der Waals surface area contributed by atoms with E-state index in [4.69, 9.17) is 9.47 Å². The molecule has 2 bridgehead atoms. The molecule has 2 aliphatic rings. The Bertz CT molecular complexity index is 254. The number of hydrogen-bond donors (Lipinski definition) is 0. The highest BCUT2D eigenvalue weighted by atomic mass is 16.7. The summed E-state index contributed by atoms with van der Waals surface area (Å²) in [7, 11) is 0.